The molecular formula is C33H47NO3. The van der Waals surface area contributed by atoms with E-state index in [2.05, 4.69) is 105 Å². The van der Waals surface area contributed by atoms with Crippen molar-refractivity contribution >= 4 is 12.0 Å². The maximum atomic E-state index is 13.2. The van der Waals surface area contributed by atoms with Crippen LogP contribution in [0.1, 0.15) is 104 Å². The van der Waals surface area contributed by atoms with E-state index in [-0.39, 0.29) is 34.0 Å². The minimum Gasteiger partial charge on any atom is -0.507 e. The number of carbonyl (C=O) groups is 1. The van der Waals surface area contributed by atoms with Gasteiger partial charge in [-0.1, -0.05) is 90.1 Å². The van der Waals surface area contributed by atoms with Crippen molar-refractivity contribution in [3.63, 3.8) is 0 Å². The van der Waals surface area contributed by atoms with Crippen LogP contribution in [0.3, 0.4) is 0 Å². The van der Waals surface area contributed by atoms with Gasteiger partial charge in [0.2, 0.25) is 0 Å². The summed E-state index contributed by atoms with van der Waals surface area (Å²) in [6.07, 6.45) is 3.43. The topological polar surface area (TPSA) is 58.6 Å². The Morgan fingerprint density at radius 2 is 1.54 bits per heavy atom. The fourth-order valence-corrected chi connectivity index (χ4v) is 5.50. The molecule has 1 atom stereocenters. The Labute approximate surface area is 224 Å². The summed E-state index contributed by atoms with van der Waals surface area (Å²) in [6.45, 7) is 21.3. The van der Waals surface area contributed by atoms with Gasteiger partial charge in [-0.05, 0) is 72.8 Å². The number of ether oxygens (including phenoxy) is 1. The van der Waals surface area contributed by atoms with E-state index in [4.69, 9.17) is 4.74 Å². The molecule has 0 radical (unpaired) electrons. The number of aryl methyl sites for hydroxylation is 1. The van der Waals surface area contributed by atoms with E-state index in [0.29, 0.717) is 25.0 Å². The summed E-state index contributed by atoms with van der Waals surface area (Å²) in [5.41, 5.74) is 4.18. The summed E-state index contributed by atoms with van der Waals surface area (Å²) in [7, 11) is 0. The molecule has 2 N–H and O–H groups in total. The predicted molar refractivity (Wildman–Crippen MR) is 154 cm³/mol. The van der Waals surface area contributed by atoms with Crippen LogP contribution >= 0.6 is 0 Å². The van der Waals surface area contributed by atoms with Gasteiger partial charge in [-0.3, -0.25) is 4.79 Å². The van der Waals surface area contributed by atoms with Crippen LogP contribution in [-0.4, -0.2) is 28.3 Å². The summed E-state index contributed by atoms with van der Waals surface area (Å²) in [4.78, 5) is 13.2. The first-order valence-electron chi connectivity index (χ1n) is 13.5. The number of phenols is 1. The number of rotatable bonds is 5. The molecule has 1 fully saturated rings. The lowest BCUT2D eigenvalue weighted by Crippen LogP contribution is -2.61. The number of nitrogens with one attached hydrogen (secondary N) is 1. The zero-order valence-corrected chi connectivity index (χ0v) is 24.6. The second kappa shape index (κ2) is 10.3. The summed E-state index contributed by atoms with van der Waals surface area (Å²) >= 11 is 0. The van der Waals surface area contributed by atoms with Crippen LogP contribution in [0.15, 0.2) is 48.0 Å². The predicted octanol–water partition coefficient (Wildman–Crippen LogP) is 7.47. The Hall–Kier alpha value is -2.59. The zero-order valence-electron chi connectivity index (χ0n) is 24.6. The van der Waals surface area contributed by atoms with Crippen LogP contribution in [0.4, 0.5) is 0 Å². The lowest BCUT2D eigenvalue weighted by atomic mass is 9.76. The van der Waals surface area contributed by atoms with Gasteiger partial charge >= 0.3 is 5.97 Å². The van der Waals surface area contributed by atoms with Gasteiger partial charge in [0.25, 0.3) is 0 Å². The molecule has 0 aliphatic carbocycles. The van der Waals surface area contributed by atoms with E-state index >= 15 is 0 Å². The van der Waals surface area contributed by atoms with Crippen LogP contribution in [0.2, 0.25) is 0 Å². The molecule has 3 rings (SSSR count). The molecule has 4 heteroatoms. The molecule has 0 bridgehead atoms. The van der Waals surface area contributed by atoms with E-state index in [1.165, 1.54) is 0 Å². The SMILES string of the molecule is CC1(C)CC(OC(=O)CCc2cc(C(C)(C)C)c(O)c(C(C)(C)C)c2)C(=Cc2ccccc2)C(C)(C)N1. The Morgan fingerprint density at radius 1 is 1.00 bits per heavy atom. The minimum atomic E-state index is -0.317. The van der Waals surface area contributed by atoms with Crippen molar-refractivity contribution in [3.8, 4) is 5.75 Å². The van der Waals surface area contributed by atoms with Gasteiger partial charge in [0.1, 0.15) is 11.9 Å². The summed E-state index contributed by atoms with van der Waals surface area (Å²) in [5, 5.41) is 14.7. The quantitative estimate of drug-likeness (QED) is 0.414. The molecule has 1 aliphatic rings. The number of aromatic hydroxyl groups is 1. The fourth-order valence-electron chi connectivity index (χ4n) is 5.50. The number of carbonyl (C=O) groups excluding carboxylic acids is 1. The number of hydrogen-bond donors (Lipinski definition) is 2. The van der Waals surface area contributed by atoms with Crippen molar-refractivity contribution in [1.82, 2.24) is 5.32 Å². The zero-order chi connectivity index (χ0) is 27.8. The van der Waals surface area contributed by atoms with Crippen molar-refractivity contribution < 1.29 is 14.6 Å². The van der Waals surface area contributed by atoms with E-state index in [9.17, 15) is 9.90 Å². The second-order valence-electron chi connectivity index (χ2n) is 13.9. The lowest BCUT2D eigenvalue weighted by molar-refractivity contribution is -0.149. The van der Waals surface area contributed by atoms with E-state index < -0.39 is 0 Å². The molecule has 2 aromatic rings. The number of hydrogen-bond acceptors (Lipinski definition) is 4. The third-order valence-corrected chi connectivity index (χ3v) is 7.21. The number of phenolic OH excluding ortho intramolecular Hbond substituents is 1. The molecule has 1 unspecified atom stereocenters. The smallest absolute Gasteiger partial charge is 0.306 e. The molecule has 4 nitrogen and oxygen atoms in total. The van der Waals surface area contributed by atoms with Crippen LogP contribution in [0.5, 0.6) is 5.75 Å². The lowest BCUT2D eigenvalue weighted by Gasteiger charge is -2.48. The largest absolute Gasteiger partial charge is 0.507 e. The van der Waals surface area contributed by atoms with E-state index in [1.807, 2.05) is 18.2 Å². The standard InChI is InChI=1S/C33H47NO3/c1-30(2,3)25-19-23(20-26(29(25)36)31(4,5)6)16-17-28(35)37-27-21-32(7,8)34-33(9,10)24(27)18-22-14-12-11-13-15-22/h11-15,18-20,27,34,36H,16-17,21H2,1-10H3. The van der Waals surface area contributed by atoms with Crippen molar-refractivity contribution in [2.24, 2.45) is 0 Å². The Kier molecular flexibility index (Phi) is 8.05. The molecule has 0 amide bonds. The monoisotopic (exact) mass is 505 g/mol. The van der Waals surface area contributed by atoms with Crippen molar-refractivity contribution in [2.45, 2.75) is 117 Å². The van der Waals surface area contributed by atoms with Gasteiger partial charge in [0.05, 0.1) is 0 Å². The van der Waals surface area contributed by atoms with E-state index in [0.717, 1.165) is 27.8 Å². The van der Waals surface area contributed by atoms with Crippen LogP contribution in [0.25, 0.3) is 6.08 Å². The van der Waals surface area contributed by atoms with Crippen LogP contribution in [-0.2, 0) is 26.8 Å². The number of esters is 1. The first kappa shape index (κ1) is 29.0. The molecule has 2 aromatic carbocycles. The Morgan fingerprint density at radius 3 is 2.05 bits per heavy atom. The molecule has 1 saturated heterocycles. The molecule has 0 saturated carbocycles. The van der Waals surface area contributed by atoms with E-state index in [1.54, 1.807) is 0 Å². The van der Waals surface area contributed by atoms with Crippen molar-refractivity contribution in [1.29, 1.82) is 0 Å². The van der Waals surface area contributed by atoms with Gasteiger partial charge in [0, 0.05) is 23.9 Å². The third-order valence-electron chi connectivity index (χ3n) is 7.21. The van der Waals surface area contributed by atoms with Gasteiger partial charge in [-0.15, -0.1) is 0 Å². The molecule has 37 heavy (non-hydrogen) atoms. The fraction of sp³-hybridized carbons (Fsp3) is 0.545. The van der Waals surface area contributed by atoms with Crippen molar-refractivity contribution in [3.05, 3.63) is 70.3 Å². The molecule has 1 aliphatic heterocycles. The van der Waals surface area contributed by atoms with Gasteiger partial charge < -0.3 is 15.2 Å². The molecular weight excluding hydrogens is 458 g/mol. The first-order chi connectivity index (χ1) is 16.9. The van der Waals surface area contributed by atoms with Gasteiger partial charge in [0.15, 0.2) is 0 Å². The summed E-state index contributed by atoms with van der Waals surface area (Å²) < 4.78 is 6.19. The average Bonchev–Trinajstić information content (AvgIpc) is 2.73. The molecule has 1 heterocycles. The Balaban J connectivity index is 1.85. The normalized spacial score (nSPS) is 20.6. The number of piperidine rings is 1. The minimum absolute atomic E-state index is 0.164. The van der Waals surface area contributed by atoms with Gasteiger partial charge in [-0.25, -0.2) is 0 Å². The first-order valence-corrected chi connectivity index (χ1v) is 13.5. The number of benzene rings is 2. The maximum Gasteiger partial charge on any atom is 0.306 e. The second-order valence-corrected chi connectivity index (χ2v) is 13.9. The molecule has 0 spiro atoms. The van der Waals surface area contributed by atoms with Crippen molar-refractivity contribution in [2.75, 3.05) is 0 Å². The Bertz CT molecular complexity index is 1110. The highest BCUT2D eigenvalue weighted by molar-refractivity contribution is 5.71. The van der Waals surface area contributed by atoms with Crippen LogP contribution in [0, 0.1) is 0 Å². The third kappa shape index (κ3) is 7.25. The highest BCUT2D eigenvalue weighted by Gasteiger charge is 2.43. The highest BCUT2D eigenvalue weighted by atomic mass is 16.5. The average molecular weight is 506 g/mol. The maximum absolute atomic E-state index is 13.2. The summed E-state index contributed by atoms with van der Waals surface area (Å²) in [5.74, 6) is 0.168. The highest BCUT2D eigenvalue weighted by Crippen LogP contribution is 2.40. The molecule has 0 aromatic heterocycles. The van der Waals surface area contributed by atoms with Crippen LogP contribution < -0.4 is 5.32 Å². The van der Waals surface area contributed by atoms with Gasteiger partial charge in [-0.2, -0.15) is 0 Å². The summed E-state index contributed by atoms with van der Waals surface area (Å²) in [6, 6.07) is 14.3. The molecule has 202 valence electrons.